The van der Waals surface area contributed by atoms with Crippen LogP contribution in [0.4, 0.5) is 4.79 Å². The molecule has 3 rings (SSSR count). The largest absolute Gasteiger partial charge is 0.481 e. The van der Waals surface area contributed by atoms with Crippen LogP contribution in [0.25, 0.3) is 0 Å². The highest BCUT2D eigenvalue weighted by Crippen LogP contribution is 2.13. The van der Waals surface area contributed by atoms with E-state index in [9.17, 15) is 4.79 Å². The van der Waals surface area contributed by atoms with Gasteiger partial charge in [0.15, 0.2) is 0 Å². The molecule has 144 valence electrons. The highest BCUT2D eigenvalue weighted by Gasteiger charge is 2.13. The van der Waals surface area contributed by atoms with Crippen molar-refractivity contribution >= 4 is 6.03 Å². The summed E-state index contributed by atoms with van der Waals surface area (Å²) < 4.78 is 10.4. The monoisotopic (exact) mass is 370 g/mol. The lowest BCUT2D eigenvalue weighted by Crippen LogP contribution is -2.37. The summed E-state index contributed by atoms with van der Waals surface area (Å²) in [5, 5.41) is 5.78. The molecule has 0 saturated carbocycles. The number of nitrogens with one attached hydrogen (secondary N) is 2. The number of hydrogen-bond acceptors (Lipinski definition) is 5. The Morgan fingerprint density at radius 2 is 1.85 bits per heavy atom. The van der Waals surface area contributed by atoms with Crippen LogP contribution in [0, 0.1) is 0 Å². The number of morpholine rings is 1. The summed E-state index contributed by atoms with van der Waals surface area (Å²) in [6, 6.07) is 11.7. The molecule has 0 spiro atoms. The number of aromatic nitrogens is 1. The van der Waals surface area contributed by atoms with Crippen LogP contribution in [0.5, 0.6) is 5.88 Å². The van der Waals surface area contributed by atoms with Gasteiger partial charge in [0.05, 0.1) is 20.3 Å². The van der Waals surface area contributed by atoms with Gasteiger partial charge in [-0.15, -0.1) is 0 Å². The summed E-state index contributed by atoms with van der Waals surface area (Å²) in [6.45, 7) is 5.23. The Kier molecular flexibility index (Phi) is 7.01. The second-order valence-electron chi connectivity index (χ2n) is 6.40. The molecule has 7 nitrogen and oxygen atoms in total. The quantitative estimate of drug-likeness (QED) is 0.779. The standard InChI is InChI=1S/C20H26N4O3/c1-26-19-7-6-16(12-21-19)13-22-20(25)23-14-17-4-2-3-5-18(17)15-24-8-10-27-11-9-24/h2-7,12H,8-11,13-15H2,1H3,(H2,22,23,25). The second-order valence-corrected chi connectivity index (χ2v) is 6.40. The second kappa shape index (κ2) is 9.89. The highest BCUT2D eigenvalue weighted by molar-refractivity contribution is 5.73. The molecule has 0 radical (unpaired) electrons. The van der Waals surface area contributed by atoms with Crippen LogP contribution in [0.2, 0.25) is 0 Å². The van der Waals surface area contributed by atoms with Crippen LogP contribution in [0.1, 0.15) is 16.7 Å². The smallest absolute Gasteiger partial charge is 0.315 e. The Balaban J connectivity index is 1.47. The van der Waals surface area contributed by atoms with E-state index >= 15 is 0 Å². The SMILES string of the molecule is COc1ccc(CNC(=O)NCc2ccccc2CN2CCOCC2)cn1. The van der Waals surface area contributed by atoms with Gasteiger partial charge in [-0.3, -0.25) is 4.90 Å². The molecule has 7 heteroatoms. The molecule has 2 heterocycles. The number of carbonyl (C=O) groups is 1. The molecule has 1 aliphatic heterocycles. The van der Waals surface area contributed by atoms with Gasteiger partial charge < -0.3 is 20.1 Å². The van der Waals surface area contributed by atoms with E-state index in [1.54, 1.807) is 19.4 Å². The van der Waals surface area contributed by atoms with Crippen molar-refractivity contribution in [2.45, 2.75) is 19.6 Å². The average molecular weight is 370 g/mol. The normalized spacial score (nSPS) is 14.6. The van der Waals surface area contributed by atoms with Crippen molar-refractivity contribution in [1.29, 1.82) is 0 Å². The Morgan fingerprint density at radius 1 is 1.11 bits per heavy atom. The molecule has 0 unspecified atom stereocenters. The number of urea groups is 1. The van der Waals surface area contributed by atoms with E-state index in [4.69, 9.17) is 9.47 Å². The number of methoxy groups -OCH3 is 1. The van der Waals surface area contributed by atoms with Crippen LogP contribution in [-0.4, -0.2) is 49.3 Å². The van der Waals surface area contributed by atoms with Crippen LogP contribution in [0.15, 0.2) is 42.6 Å². The molecule has 1 aromatic carbocycles. The summed E-state index contributed by atoms with van der Waals surface area (Å²) >= 11 is 0. The van der Waals surface area contributed by atoms with E-state index in [1.807, 2.05) is 18.2 Å². The van der Waals surface area contributed by atoms with E-state index in [1.165, 1.54) is 5.56 Å². The fourth-order valence-corrected chi connectivity index (χ4v) is 2.94. The van der Waals surface area contributed by atoms with Crippen molar-refractivity contribution < 1.29 is 14.3 Å². The molecular weight excluding hydrogens is 344 g/mol. The van der Waals surface area contributed by atoms with Crippen molar-refractivity contribution in [1.82, 2.24) is 20.5 Å². The maximum absolute atomic E-state index is 12.1. The van der Waals surface area contributed by atoms with Gasteiger partial charge in [0.1, 0.15) is 0 Å². The van der Waals surface area contributed by atoms with Gasteiger partial charge in [-0.05, 0) is 16.7 Å². The van der Waals surface area contributed by atoms with Gasteiger partial charge in [0.25, 0.3) is 0 Å². The zero-order chi connectivity index (χ0) is 18.9. The lowest BCUT2D eigenvalue weighted by molar-refractivity contribution is 0.0341. The Labute approximate surface area is 159 Å². The van der Waals surface area contributed by atoms with Crippen molar-refractivity contribution in [2.24, 2.45) is 0 Å². The van der Waals surface area contributed by atoms with Crippen molar-refractivity contribution in [2.75, 3.05) is 33.4 Å². The first-order chi connectivity index (χ1) is 13.2. The van der Waals surface area contributed by atoms with Crippen LogP contribution < -0.4 is 15.4 Å². The van der Waals surface area contributed by atoms with E-state index < -0.39 is 0 Å². The summed E-state index contributed by atoms with van der Waals surface area (Å²) in [7, 11) is 1.57. The number of hydrogen-bond donors (Lipinski definition) is 2. The van der Waals surface area contributed by atoms with Gasteiger partial charge in [-0.1, -0.05) is 30.3 Å². The lowest BCUT2D eigenvalue weighted by Gasteiger charge is -2.27. The summed E-state index contributed by atoms with van der Waals surface area (Å²) in [5.41, 5.74) is 3.28. The van der Waals surface area contributed by atoms with Gasteiger partial charge in [0, 0.05) is 45.0 Å². The first-order valence-electron chi connectivity index (χ1n) is 9.12. The number of ether oxygens (including phenoxy) is 2. The van der Waals surface area contributed by atoms with Crippen LogP contribution in [0.3, 0.4) is 0 Å². The molecule has 0 aliphatic carbocycles. The number of benzene rings is 1. The maximum Gasteiger partial charge on any atom is 0.315 e. The van der Waals surface area contributed by atoms with E-state index in [2.05, 4.69) is 32.7 Å². The first-order valence-corrected chi connectivity index (χ1v) is 9.12. The Hall–Kier alpha value is -2.64. The van der Waals surface area contributed by atoms with Gasteiger partial charge >= 0.3 is 6.03 Å². The number of rotatable bonds is 7. The number of carbonyl (C=O) groups excluding carboxylic acids is 1. The third kappa shape index (κ3) is 5.94. The predicted molar refractivity (Wildman–Crippen MR) is 102 cm³/mol. The topological polar surface area (TPSA) is 75.7 Å². The molecule has 1 aromatic heterocycles. The van der Waals surface area contributed by atoms with Gasteiger partial charge in [-0.2, -0.15) is 0 Å². The minimum atomic E-state index is -0.202. The summed E-state index contributed by atoms with van der Waals surface area (Å²) in [6.07, 6.45) is 1.69. The lowest BCUT2D eigenvalue weighted by atomic mass is 10.1. The van der Waals surface area contributed by atoms with Crippen molar-refractivity contribution in [3.63, 3.8) is 0 Å². The van der Waals surface area contributed by atoms with Crippen LogP contribution in [-0.2, 0) is 24.4 Å². The minimum absolute atomic E-state index is 0.202. The average Bonchev–Trinajstić information content (AvgIpc) is 2.73. The van der Waals surface area contributed by atoms with Gasteiger partial charge in [-0.25, -0.2) is 9.78 Å². The van der Waals surface area contributed by atoms with E-state index in [-0.39, 0.29) is 6.03 Å². The fourth-order valence-electron chi connectivity index (χ4n) is 2.94. The molecule has 1 saturated heterocycles. The third-order valence-electron chi connectivity index (χ3n) is 4.52. The zero-order valence-corrected chi connectivity index (χ0v) is 15.6. The summed E-state index contributed by atoms with van der Waals surface area (Å²) in [4.78, 5) is 18.6. The molecule has 27 heavy (non-hydrogen) atoms. The molecule has 2 aromatic rings. The van der Waals surface area contributed by atoms with Crippen LogP contribution >= 0.6 is 0 Å². The molecule has 0 bridgehead atoms. The maximum atomic E-state index is 12.1. The molecule has 2 amide bonds. The fraction of sp³-hybridized carbons (Fsp3) is 0.400. The van der Waals surface area contributed by atoms with Gasteiger partial charge in [0.2, 0.25) is 5.88 Å². The number of amides is 2. The predicted octanol–water partition coefficient (Wildman–Crippen LogP) is 1.92. The molecule has 0 atom stereocenters. The first kappa shape index (κ1) is 19.1. The Bertz CT molecular complexity index is 730. The molecule has 1 aliphatic rings. The molecule has 1 fully saturated rings. The van der Waals surface area contributed by atoms with Crippen molar-refractivity contribution in [3.8, 4) is 5.88 Å². The van der Waals surface area contributed by atoms with E-state index in [0.29, 0.717) is 19.0 Å². The molecule has 2 N–H and O–H groups in total. The highest BCUT2D eigenvalue weighted by atomic mass is 16.5. The number of pyridine rings is 1. The Morgan fingerprint density at radius 3 is 2.56 bits per heavy atom. The molecular formula is C20H26N4O3. The third-order valence-corrected chi connectivity index (χ3v) is 4.52. The summed E-state index contributed by atoms with van der Waals surface area (Å²) in [5.74, 6) is 0.556. The zero-order valence-electron chi connectivity index (χ0n) is 15.6. The van der Waals surface area contributed by atoms with E-state index in [0.717, 1.165) is 44.0 Å². The minimum Gasteiger partial charge on any atom is -0.481 e. The van der Waals surface area contributed by atoms with Crippen molar-refractivity contribution in [3.05, 3.63) is 59.3 Å². The number of nitrogens with zero attached hydrogens (tertiary/aromatic N) is 2.